The molecule has 0 spiro atoms. The molecule has 0 fully saturated rings. The molecule has 0 aliphatic rings. The fourth-order valence-electron chi connectivity index (χ4n) is 1.08. The smallest absolute Gasteiger partial charge is 0.144 e. The van der Waals surface area contributed by atoms with Crippen molar-refractivity contribution in [1.29, 1.82) is 0 Å². The van der Waals surface area contributed by atoms with E-state index in [2.05, 4.69) is 4.40 Å². The lowest BCUT2D eigenvalue weighted by Crippen LogP contribution is -2.26. The molecule has 17 heavy (non-hydrogen) atoms. The first kappa shape index (κ1) is 14.8. The van der Waals surface area contributed by atoms with E-state index in [1.54, 1.807) is 25.1 Å². The fourth-order valence-corrected chi connectivity index (χ4v) is 2.23. The fraction of sp³-hybridized carbons (Fsp3) is 0.417. The van der Waals surface area contributed by atoms with Gasteiger partial charge in [-0.05, 0) is 45.9 Å². The molecule has 0 heterocycles. The van der Waals surface area contributed by atoms with Gasteiger partial charge in [-0.3, -0.25) is 0 Å². The molecule has 1 atom stereocenters. The van der Waals surface area contributed by atoms with Crippen LogP contribution in [0.2, 0.25) is 10.0 Å². The minimum absolute atomic E-state index is 0.371. The Kier molecular flexibility index (Phi) is 4.90. The Labute approximate surface area is 115 Å². The lowest BCUT2D eigenvalue weighted by atomic mass is 10.1. The van der Waals surface area contributed by atoms with Crippen molar-refractivity contribution in [1.82, 2.24) is 0 Å². The standard InChI is InChI=1S/C12H15Cl2NOS/c1-8(15-17(16)12(2,3)4)9-5-10(13)7-11(14)6-9/h5-7H,1-4H3/b15-8+/t17-/m0/s1. The van der Waals surface area contributed by atoms with E-state index in [1.807, 2.05) is 20.8 Å². The lowest BCUT2D eigenvalue weighted by Gasteiger charge is -2.18. The lowest BCUT2D eigenvalue weighted by molar-refractivity contribution is 0.561. The van der Waals surface area contributed by atoms with Crippen molar-refractivity contribution < 1.29 is 4.55 Å². The molecule has 0 aliphatic carbocycles. The molecular formula is C12H15Cl2NOS. The topological polar surface area (TPSA) is 35.4 Å². The molecule has 2 nitrogen and oxygen atoms in total. The normalized spacial score (nSPS) is 14.9. The Bertz CT molecular complexity index is 420. The van der Waals surface area contributed by atoms with Gasteiger partial charge in [-0.2, -0.15) is 0 Å². The van der Waals surface area contributed by atoms with E-state index in [0.717, 1.165) is 5.56 Å². The van der Waals surface area contributed by atoms with Gasteiger partial charge in [0.25, 0.3) is 0 Å². The van der Waals surface area contributed by atoms with Crippen LogP contribution in [0.5, 0.6) is 0 Å². The van der Waals surface area contributed by atoms with Crippen molar-refractivity contribution >= 4 is 40.3 Å². The van der Waals surface area contributed by atoms with Crippen LogP contribution in [-0.4, -0.2) is 15.0 Å². The minimum Gasteiger partial charge on any atom is -0.591 e. The highest BCUT2D eigenvalue weighted by Crippen LogP contribution is 2.22. The second-order valence-electron chi connectivity index (χ2n) is 4.70. The van der Waals surface area contributed by atoms with Crippen molar-refractivity contribution in [2.24, 2.45) is 4.40 Å². The van der Waals surface area contributed by atoms with Crippen molar-refractivity contribution in [3.05, 3.63) is 33.8 Å². The van der Waals surface area contributed by atoms with E-state index >= 15 is 0 Å². The molecule has 0 aromatic heterocycles. The summed E-state index contributed by atoms with van der Waals surface area (Å²) in [6.45, 7) is 7.44. The maximum atomic E-state index is 11.9. The van der Waals surface area contributed by atoms with Crippen LogP contribution in [0.15, 0.2) is 22.6 Å². The van der Waals surface area contributed by atoms with Gasteiger partial charge in [0.1, 0.15) is 16.1 Å². The van der Waals surface area contributed by atoms with Crippen molar-refractivity contribution in [3.63, 3.8) is 0 Å². The number of halogens is 2. The van der Waals surface area contributed by atoms with Gasteiger partial charge in [0.15, 0.2) is 0 Å². The molecule has 0 radical (unpaired) electrons. The van der Waals surface area contributed by atoms with Crippen LogP contribution in [-0.2, 0) is 11.4 Å². The minimum atomic E-state index is -1.28. The first-order chi connectivity index (χ1) is 7.70. The summed E-state index contributed by atoms with van der Waals surface area (Å²) in [4.78, 5) is 0. The predicted octanol–water partition coefficient (Wildman–Crippen LogP) is 4.26. The second-order valence-corrected chi connectivity index (χ2v) is 7.47. The maximum absolute atomic E-state index is 11.9. The van der Waals surface area contributed by atoms with Crippen LogP contribution >= 0.6 is 23.2 Å². The molecule has 0 unspecified atom stereocenters. The monoisotopic (exact) mass is 291 g/mol. The molecule has 0 bridgehead atoms. The summed E-state index contributed by atoms with van der Waals surface area (Å²) in [5.41, 5.74) is 1.46. The van der Waals surface area contributed by atoms with Gasteiger partial charge < -0.3 is 4.55 Å². The number of benzene rings is 1. The van der Waals surface area contributed by atoms with Crippen LogP contribution in [0.25, 0.3) is 0 Å². The van der Waals surface area contributed by atoms with Gasteiger partial charge in [-0.25, -0.2) is 0 Å². The zero-order chi connectivity index (χ0) is 13.2. The summed E-state index contributed by atoms with van der Waals surface area (Å²) in [6.07, 6.45) is 0. The predicted molar refractivity (Wildman–Crippen MR) is 76.6 cm³/mol. The van der Waals surface area contributed by atoms with E-state index in [-0.39, 0.29) is 4.75 Å². The van der Waals surface area contributed by atoms with Gasteiger partial charge in [0, 0.05) is 15.6 Å². The number of hydrogen-bond donors (Lipinski definition) is 0. The molecule has 0 saturated heterocycles. The van der Waals surface area contributed by atoms with Gasteiger partial charge in [-0.1, -0.05) is 27.6 Å². The molecule has 1 rings (SSSR count). The van der Waals surface area contributed by atoms with Crippen LogP contribution in [0, 0.1) is 0 Å². The van der Waals surface area contributed by atoms with Crippen molar-refractivity contribution in [2.75, 3.05) is 0 Å². The van der Waals surface area contributed by atoms with Crippen LogP contribution in [0.1, 0.15) is 33.3 Å². The molecule has 0 amide bonds. The average molecular weight is 292 g/mol. The summed E-state index contributed by atoms with van der Waals surface area (Å²) >= 11 is 10.5. The third kappa shape index (κ3) is 4.51. The Morgan fingerprint density at radius 2 is 1.65 bits per heavy atom. The average Bonchev–Trinajstić information content (AvgIpc) is 2.14. The summed E-state index contributed by atoms with van der Waals surface area (Å²) in [5.74, 6) is 0. The van der Waals surface area contributed by atoms with E-state index in [4.69, 9.17) is 23.2 Å². The quantitative estimate of drug-likeness (QED) is 0.592. The SMILES string of the molecule is C/C(=N\[S@@+]([O-])C(C)(C)C)c1cc(Cl)cc(Cl)c1. The Balaban J connectivity index is 3.04. The Hall–Kier alpha value is -0.220. The molecule has 0 N–H and O–H groups in total. The number of hydrogen-bond acceptors (Lipinski definition) is 2. The first-order valence-electron chi connectivity index (χ1n) is 5.14. The van der Waals surface area contributed by atoms with E-state index < -0.39 is 11.4 Å². The first-order valence-corrected chi connectivity index (χ1v) is 7.00. The van der Waals surface area contributed by atoms with Crippen molar-refractivity contribution in [2.45, 2.75) is 32.4 Å². The molecular weight excluding hydrogens is 277 g/mol. The highest BCUT2D eigenvalue weighted by molar-refractivity contribution is 7.91. The number of nitrogens with zero attached hydrogens (tertiary/aromatic N) is 1. The molecule has 1 aromatic rings. The highest BCUT2D eigenvalue weighted by atomic mass is 35.5. The van der Waals surface area contributed by atoms with Gasteiger partial charge in [0.2, 0.25) is 0 Å². The van der Waals surface area contributed by atoms with Crippen LogP contribution in [0.4, 0.5) is 0 Å². The summed E-state index contributed by atoms with van der Waals surface area (Å²) in [6, 6.07) is 5.17. The Morgan fingerprint density at radius 1 is 1.18 bits per heavy atom. The largest absolute Gasteiger partial charge is 0.591 e. The molecule has 0 aliphatic heterocycles. The summed E-state index contributed by atoms with van der Waals surface area (Å²) in [5, 5.41) is 1.09. The third-order valence-electron chi connectivity index (χ3n) is 2.02. The van der Waals surface area contributed by atoms with E-state index in [9.17, 15) is 4.55 Å². The van der Waals surface area contributed by atoms with E-state index in [0.29, 0.717) is 15.8 Å². The second kappa shape index (κ2) is 5.61. The van der Waals surface area contributed by atoms with Gasteiger partial charge in [-0.15, -0.1) is 0 Å². The third-order valence-corrected chi connectivity index (χ3v) is 3.95. The summed E-state index contributed by atoms with van der Waals surface area (Å²) < 4.78 is 15.7. The molecule has 0 saturated carbocycles. The maximum Gasteiger partial charge on any atom is 0.144 e. The zero-order valence-corrected chi connectivity index (χ0v) is 12.6. The zero-order valence-electron chi connectivity index (χ0n) is 10.3. The van der Waals surface area contributed by atoms with E-state index in [1.165, 1.54) is 0 Å². The molecule has 1 aromatic carbocycles. The van der Waals surface area contributed by atoms with Gasteiger partial charge in [0.05, 0.1) is 5.71 Å². The van der Waals surface area contributed by atoms with Gasteiger partial charge >= 0.3 is 0 Å². The summed E-state index contributed by atoms with van der Waals surface area (Å²) in [7, 11) is 0. The molecule has 5 heteroatoms. The Morgan fingerprint density at radius 3 is 2.06 bits per heavy atom. The highest BCUT2D eigenvalue weighted by Gasteiger charge is 2.26. The van der Waals surface area contributed by atoms with Crippen LogP contribution < -0.4 is 0 Å². The molecule has 94 valence electrons. The van der Waals surface area contributed by atoms with Crippen LogP contribution in [0.3, 0.4) is 0 Å². The van der Waals surface area contributed by atoms with Crippen molar-refractivity contribution in [3.8, 4) is 0 Å². The number of rotatable bonds is 2.